The predicted octanol–water partition coefficient (Wildman–Crippen LogP) is 4.83. The van der Waals surface area contributed by atoms with Crippen LogP contribution in [0, 0.1) is 0 Å². The van der Waals surface area contributed by atoms with E-state index in [9.17, 15) is 4.79 Å². The highest BCUT2D eigenvalue weighted by Gasteiger charge is 2.42. The fourth-order valence-corrected chi connectivity index (χ4v) is 4.17. The second-order valence-electron chi connectivity index (χ2n) is 6.61. The quantitative estimate of drug-likeness (QED) is 0.634. The molecule has 1 aliphatic rings. The van der Waals surface area contributed by atoms with Gasteiger partial charge in [-0.25, -0.2) is 0 Å². The second-order valence-corrected chi connectivity index (χ2v) is 6.61. The number of nitrogens with one attached hydrogen (secondary N) is 1. The molecule has 3 heteroatoms. The van der Waals surface area contributed by atoms with Crippen LogP contribution < -0.4 is 0 Å². The molecule has 1 aromatic heterocycles. The number of methoxy groups -OCH3 is 1. The van der Waals surface area contributed by atoms with Gasteiger partial charge in [0.05, 0.1) is 13.5 Å². The molecule has 0 bridgehead atoms. The largest absolute Gasteiger partial charge is 0.469 e. The smallest absolute Gasteiger partial charge is 0.306 e. The van der Waals surface area contributed by atoms with Crippen molar-refractivity contribution in [3.63, 3.8) is 0 Å². The van der Waals surface area contributed by atoms with Gasteiger partial charge in [0.1, 0.15) is 0 Å². The number of ether oxygens (including phenoxy) is 1. The number of carbonyl (C=O) groups is 1. The predicted molar refractivity (Wildman–Crippen MR) is 93.7 cm³/mol. The molecule has 0 unspecified atom stereocenters. The van der Waals surface area contributed by atoms with E-state index in [4.69, 9.17) is 4.74 Å². The first-order valence-electron chi connectivity index (χ1n) is 8.44. The zero-order valence-corrected chi connectivity index (χ0v) is 14.0. The van der Waals surface area contributed by atoms with E-state index in [-0.39, 0.29) is 11.4 Å². The van der Waals surface area contributed by atoms with Crippen LogP contribution in [-0.2, 0) is 14.9 Å². The van der Waals surface area contributed by atoms with Crippen LogP contribution in [0.4, 0.5) is 0 Å². The molecule has 0 saturated heterocycles. The van der Waals surface area contributed by atoms with Gasteiger partial charge in [0.2, 0.25) is 0 Å². The zero-order chi connectivity index (χ0) is 16.4. The molecule has 23 heavy (non-hydrogen) atoms. The average molecular weight is 311 g/mol. The van der Waals surface area contributed by atoms with Crippen molar-refractivity contribution in [2.45, 2.75) is 50.4 Å². The summed E-state index contributed by atoms with van der Waals surface area (Å²) in [5, 5.41) is 1.29. The third kappa shape index (κ3) is 2.58. The molecule has 0 fully saturated rings. The zero-order valence-electron chi connectivity index (χ0n) is 14.0. The van der Waals surface area contributed by atoms with Crippen molar-refractivity contribution in [2.75, 3.05) is 7.11 Å². The van der Waals surface area contributed by atoms with Crippen molar-refractivity contribution in [3.05, 3.63) is 48.2 Å². The highest BCUT2D eigenvalue weighted by Crippen LogP contribution is 2.50. The van der Waals surface area contributed by atoms with Crippen LogP contribution in [0.25, 0.3) is 10.9 Å². The molecular weight excluding hydrogens is 286 g/mol. The Morgan fingerprint density at radius 1 is 1.48 bits per heavy atom. The first kappa shape index (κ1) is 15.9. The van der Waals surface area contributed by atoms with E-state index in [1.165, 1.54) is 23.8 Å². The molecule has 1 heterocycles. The molecule has 122 valence electrons. The molecule has 0 amide bonds. The summed E-state index contributed by atoms with van der Waals surface area (Å²) in [7, 11) is 1.47. The Morgan fingerprint density at radius 3 is 2.96 bits per heavy atom. The Bertz CT molecular complexity index is 730. The number of benzene rings is 1. The number of carbonyl (C=O) groups excluding carboxylic acids is 1. The molecule has 3 nitrogen and oxygen atoms in total. The molecule has 2 aromatic rings. The Balaban J connectivity index is 2.18. The number of allylic oxidation sites excluding steroid dienone is 1. The molecule has 3 rings (SSSR count). The molecule has 1 aromatic carbocycles. The maximum Gasteiger partial charge on any atom is 0.306 e. The molecule has 0 radical (unpaired) electrons. The van der Waals surface area contributed by atoms with Crippen molar-refractivity contribution < 1.29 is 9.53 Å². The van der Waals surface area contributed by atoms with Crippen LogP contribution in [0.5, 0.6) is 0 Å². The Labute approximate surface area is 137 Å². The van der Waals surface area contributed by atoms with Gasteiger partial charge in [-0.3, -0.25) is 4.79 Å². The van der Waals surface area contributed by atoms with Gasteiger partial charge >= 0.3 is 5.97 Å². The minimum Gasteiger partial charge on any atom is -0.469 e. The maximum absolute atomic E-state index is 12.0. The average Bonchev–Trinajstić information content (AvgIpc) is 2.97. The summed E-state index contributed by atoms with van der Waals surface area (Å²) >= 11 is 0. The van der Waals surface area contributed by atoms with Crippen LogP contribution in [0.2, 0.25) is 0 Å². The lowest BCUT2D eigenvalue weighted by atomic mass is 9.65. The standard InChI is InChI=1S/C20H25NO2/c1-4-8-14-11-12-20(5-2,13-17(22)23-3)19-18(14)15-9-6-7-10-16(15)21-19/h4,6-7,9-10,14,21H,1,5,8,11-13H2,2-3H3/t14-,20-/m0/s1. The summed E-state index contributed by atoms with van der Waals surface area (Å²) < 4.78 is 4.97. The van der Waals surface area contributed by atoms with Crippen molar-refractivity contribution in [3.8, 4) is 0 Å². The van der Waals surface area contributed by atoms with Gasteiger partial charge < -0.3 is 9.72 Å². The third-order valence-electron chi connectivity index (χ3n) is 5.49. The van der Waals surface area contributed by atoms with Crippen molar-refractivity contribution >= 4 is 16.9 Å². The van der Waals surface area contributed by atoms with Crippen molar-refractivity contribution in [1.82, 2.24) is 4.98 Å². The number of para-hydroxylation sites is 1. The number of esters is 1. The lowest BCUT2D eigenvalue weighted by Gasteiger charge is -2.39. The van der Waals surface area contributed by atoms with E-state index in [1.54, 1.807) is 0 Å². The fraction of sp³-hybridized carbons (Fsp3) is 0.450. The monoisotopic (exact) mass is 311 g/mol. The molecular formula is C20H25NO2. The topological polar surface area (TPSA) is 42.1 Å². The van der Waals surface area contributed by atoms with Crippen LogP contribution in [0.1, 0.15) is 56.2 Å². The fourth-order valence-electron chi connectivity index (χ4n) is 4.17. The first-order chi connectivity index (χ1) is 11.1. The molecule has 0 aliphatic heterocycles. The summed E-state index contributed by atoms with van der Waals surface area (Å²) in [4.78, 5) is 15.7. The normalized spacial score (nSPS) is 23.5. The third-order valence-corrected chi connectivity index (χ3v) is 5.49. The molecule has 1 N–H and O–H groups in total. The lowest BCUT2D eigenvalue weighted by molar-refractivity contribution is -0.142. The number of hydrogen-bond acceptors (Lipinski definition) is 2. The molecule has 1 aliphatic carbocycles. The van der Waals surface area contributed by atoms with E-state index in [0.29, 0.717) is 12.3 Å². The van der Waals surface area contributed by atoms with Crippen LogP contribution >= 0.6 is 0 Å². The number of hydrogen-bond donors (Lipinski definition) is 1. The van der Waals surface area contributed by atoms with Gasteiger partial charge in [-0.2, -0.15) is 0 Å². The summed E-state index contributed by atoms with van der Waals surface area (Å²) in [5.74, 6) is 0.356. The number of aromatic nitrogens is 1. The lowest BCUT2D eigenvalue weighted by Crippen LogP contribution is -2.34. The van der Waals surface area contributed by atoms with E-state index in [2.05, 4.69) is 42.8 Å². The van der Waals surface area contributed by atoms with E-state index < -0.39 is 0 Å². The summed E-state index contributed by atoms with van der Waals surface area (Å²) in [6.45, 7) is 6.10. The van der Waals surface area contributed by atoms with Crippen LogP contribution in [0.15, 0.2) is 36.9 Å². The Hall–Kier alpha value is -2.03. The van der Waals surface area contributed by atoms with Crippen molar-refractivity contribution in [2.24, 2.45) is 0 Å². The Kier molecular flexibility index (Phi) is 4.29. The first-order valence-corrected chi connectivity index (χ1v) is 8.44. The molecule has 2 atom stereocenters. The van der Waals surface area contributed by atoms with Crippen LogP contribution in [0.3, 0.4) is 0 Å². The van der Waals surface area contributed by atoms with Gasteiger partial charge in [0.15, 0.2) is 0 Å². The van der Waals surface area contributed by atoms with Gasteiger partial charge in [-0.05, 0) is 43.2 Å². The Morgan fingerprint density at radius 2 is 2.26 bits per heavy atom. The highest BCUT2D eigenvalue weighted by molar-refractivity contribution is 5.86. The minimum atomic E-state index is -0.140. The van der Waals surface area contributed by atoms with Gasteiger partial charge in [-0.1, -0.05) is 31.2 Å². The molecule has 0 spiro atoms. The van der Waals surface area contributed by atoms with Gasteiger partial charge in [0.25, 0.3) is 0 Å². The summed E-state index contributed by atoms with van der Waals surface area (Å²) in [6, 6.07) is 8.45. The number of aromatic amines is 1. The maximum atomic E-state index is 12.0. The molecule has 0 saturated carbocycles. The van der Waals surface area contributed by atoms with Crippen molar-refractivity contribution in [1.29, 1.82) is 0 Å². The number of rotatable bonds is 5. The number of fused-ring (bicyclic) bond motifs is 3. The van der Waals surface area contributed by atoms with E-state index in [0.717, 1.165) is 31.2 Å². The summed E-state index contributed by atoms with van der Waals surface area (Å²) in [6.07, 6.45) is 6.47. The number of H-pyrrole nitrogens is 1. The van der Waals surface area contributed by atoms with Gasteiger partial charge in [-0.15, -0.1) is 6.58 Å². The van der Waals surface area contributed by atoms with Gasteiger partial charge in [0, 0.05) is 22.0 Å². The van der Waals surface area contributed by atoms with Crippen LogP contribution in [-0.4, -0.2) is 18.1 Å². The SMILES string of the molecule is C=CC[C@H]1CC[C@@](CC)(CC(=O)OC)c2[nH]c3ccccc3c21. The second kappa shape index (κ2) is 6.23. The van der Waals surface area contributed by atoms with E-state index >= 15 is 0 Å². The minimum absolute atomic E-state index is 0.126. The summed E-state index contributed by atoms with van der Waals surface area (Å²) in [5.41, 5.74) is 3.65. The van der Waals surface area contributed by atoms with E-state index in [1.807, 2.05) is 6.08 Å². The highest BCUT2D eigenvalue weighted by atomic mass is 16.5.